The van der Waals surface area contributed by atoms with Gasteiger partial charge in [0.1, 0.15) is 5.56 Å². The summed E-state index contributed by atoms with van der Waals surface area (Å²) in [5, 5.41) is 4.25. The van der Waals surface area contributed by atoms with Crippen molar-refractivity contribution < 1.29 is 4.79 Å². The van der Waals surface area contributed by atoms with E-state index in [1.54, 1.807) is 0 Å². The molecule has 0 spiro atoms. The highest BCUT2D eigenvalue weighted by atomic mass is 16.1. The van der Waals surface area contributed by atoms with Crippen LogP contribution in [0.25, 0.3) is 10.9 Å². The molecule has 0 saturated carbocycles. The summed E-state index contributed by atoms with van der Waals surface area (Å²) < 4.78 is 0. The van der Waals surface area contributed by atoms with Crippen molar-refractivity contribution in [3.05, 3.63) is 39.7 Å². The molecule has 2 aromatic rings. The van der Waals surface area contributed by atoms with Crippen LogP contribution >= 0.6 is 0 Å². The molecule has 4 nitrogen and oxygen atoms in total. The molecule has 1 heterocycles. The predicted molar refractivity (Wildman–Crippen MR) is 92.0 cm³/mol. The van der Waals surface area contributed by atoms with Gasteiger partial charge in [0, 0.05) is 11.4 Å². The minimum absolute atomic E-state index is 0.186. The van der Waals surface area contributed by atoms with Gasteiger partial charge in [0.25, 0.3) is 5.56 Å². The normalized spacial score (nSPS) is 12.6. The average Bonchev–Trinajstić information content (AvgIpc) is 2.45. The van der Waals surface area contributed by atoms with Gasteiger partial charge in [-0.25, -0.2) is 0 Å². The van der Waals surface area contributed by atoms with Gasteiger partial charge < -0.3 is 10.3 Å². The molecule has 0 amide bonds. The van der Waals surface area contributed by atoms with Crippen molar-refractivity contribution in [1.29, 1.82) is 0 Å². The topological polar surface area (TPSA) is 62.0 Å². The van der Waals surface area contributed by atoms with Gasteiger partial charge in [-0.2, -0.15) is 0 Å². The number of ketones is 1. The van der Waals surface area contributed by atoms with Crippen molar-refractivity contribution in [1.82, 2.24) is 4.98 Å². The highest BCUT2D eigenvalue weighted by Gasteiger charge is 2.19. The van der Waals surface area contributed by atoms with Crippen LogP contribution in [-0.2, 0) is 0 Å². The number of aromatic nitrogens is 1. The van der Waals surface area contributed by atoms with Crippen LogP contribution in [0.4, 0.5) is 5.69 Å². The van der Waals surface area contributed by atoms with E-state index in [0.717, 1.165) is 22.9 Å². The summed E-state index contributed by atoms with van der Waals surface area (Å²) in [6.07, 6.45) is 0.912. The Labute approximate surface area is 130 Å². The number of fused-ring (bicyclic) bond motifs is 1. The molecule has 0 aliphatic rings. The zero-order chi connectivity index (χ0) is 16.4. The van der Waals surface area contributed by atoms with Gasteiger partial charge in [-0.15, -0.1) is 0 Å². The summed E-state index contributed by atoms with van der Waals surface area (Å²) in [6.45, 7) is 9.73. The highest BCUT2D eigenvalue weighted by Crippen LogP contribution is 2.30. The molecule has 1 unspecified atom stereocenters. The molecule has 0 radical (unpaired) electrons. The second-order valence-electron chi connectivity index (χ2n) is 6.14. The largest absolute Gasteiger partial charge is 0.381 e. The number of H-pyrrole nitrogens is 1. The number of anilines is 1. The number of hydrogen-bond donors (Lipinski definition) is 2. The lowest BCUT2D eigenvalue weighted by Crippen LogP contribution is -2.23. The summed E-state index contributed by atoms with van der Waals surface area (Å²) >= 11 is 0. The number of nitrogens with one attached hydrogen (secondary N) is 2. The van der Waals surface area contributed by atoms with Gasteiger partial charge in [0.2, 0.25) is 0 Å². The van der Waals surface area contributed by atoms with E-state index in [0.29, 0.717) is 11.6 Å². The Balaban J connectivity index is 2.86. The van der Waals surface area contributed by atoms with E-state index < -0.39 is 0 Å². The third-order valence-corrected chi connectivity index (χ3v) is 4.06. The monoisotopic (exact) mass is 300 g/mol. The van der Waals surface area contributed by atoms with Gasteiger partial charge >= 0.3 is 0 Å². The second kappa shape index (κ2) is 6.34. The van der Waals surface area contributed by atoms with E-state index in [-0.39, 0.29) is 22.9 Å². The van der Waals surface area contributed by atoms with Crippen LogP contribution in [0.15, 0.2) is 23.0 Å². The average molecular weight is 300 g/mol. The van der Waals surface area contributed by atoms with E-state index in [1.165, 1.54) is 6.92 Å². The van der Waals surface area contributed by atoms with Gasteiger partial charge in [0.15, 0.2) is 5.78 Å². The maximum atomic E-state index is 12.4. The molecule has 4 heteroatoms. The molecule has 118 valence electrons. The van der Waals surface area contributed by atoms with Crippen molar-refractivity contribution in [2.24, 2.45) is 0 Å². The Kier molecular flexibility index (Phi) is 4.69. The first kappa shape index (κ1) is 16.3. The van der Waals surface area contributed by atoms with Crippen LogP contribution in [0, 0.1) is 0 Å². The third kappa shape index (κ3) is 2.91. The molecular weight excluding hydrogens is 276 g/mol. The molecule has 1 aromatic carbocycles. The molecule has 1 aromatic heterocycles. The Morgan fingerprint density at radius 3 is 2.50 bits per heavy atom. The molecule has 0 aliphatic heterocycles. The molecule has 0 bridgehead atoms. The number of rotatable bonds is 5. The zero-order valence-electron chi connectivity index (χ0n) is 13.9. The van der Waals surface area contributed by atoms with E-state index in [4.69, 9.17) is 0 Å². The molecule has 22 heavy (non-hydrogen) atoms. The lowest BCUT2D eigenvalue weighted by atomic mass is 9.97. The lowest BCUT2D eigenvalue weighted by Gasteiger charge is -2.19. The summed E-state index contributed by atoms with van der Waals surface area (Å²) in [6, 6.07) is 6.13. The number of benzene rings is 1. The van der Waals surface area contributed by atoms with E-state index in [2.05, 4.69) is 31.1 Å². The fourth-order valence-electron chi connectivity index (χ4n) is 2.66. The summed E-state index contributed by atoms with van der Waals surface area (Å²) in [4.78, 5) is 27.3. The van der Waals surface area contributed by atoms with Crippen LogP contribution in [0.1, 0.15) is 62.9 Å². The first-order valence-corrected chi connectivity index (χ1v) is 7.83. The SMILES string of the molecule is CCC(C)Nc1c(C(C)=O)c(=O)[nH]c2c(C(C)C)cccc12. The number of Topliss-reactive ketones (excluding diaryl/α,β-unsaturated/α-hetero) is 1. The number of para-hydroxylation sites is 1. The first-order chi connectivity index (χ1) is 10.4. The van der Waals surface area contributed by atoms with Crippen LogP contribution in [0.5, 0.6) is 0 Å². The fourth-order valence-corrected chi connectivity index (χ4v) is 2.66. The quantitative estimate of drug-likeness (QED) is 0.818. The van der Waals surface area contributed by atoms with Crippen molar-refractivity contribution >= 4 is 22.4 Å². The first-order valence-electron chi connectivity index (χ1n) is 7.83. The smallest absolute Gasteiger partial charge is 0.261 e. The van der Waals surface area contributed by atoms with Crippen molar-refractivity contribution in [3.8, 4) is 0 Å². The van der Waals surface area contributed by atoms with Crippen molar-refractivity contribution in [3.63, 3.8) is 0 Å². The summed E-state index contributed by atoms with van der Waals surface area (Å²) in [5.41, 5.74) is 2.45. The number of hydrogen-bond acceptors (Lipinski definition) is 3. The molecule has 1 atom stereocenters. The molecule has 2 rings (SSSR count). The molecule has 0 fully saturated rings. The Bertz CT molecular complexity index is 760. The van der Waals surface area contributed by atoms with Crippen LogP contribution < -0.4 is 10.9 Å². The number of carbonyl (C=O) groups is 1. The maximum absolute atomic E-state index is 12.4. The van der Waals surface area contributed by atoms with Crippen LogP contribution in [0.3, 0.4) is 0 Å². The molecule has 2 N–H and O–H groups in total. The fraction of sp³-hybridized carbons (Fsp3) is 0.444. The van der Waals surface area contributed by atoms with Gasteiger partial charge in [-0.05, 0) is 31.7 Å². The standard InChI is InChI=1S/C18H24N2O2/c1-6-11(4)19-17-14-9-7-8-13(10(2)3)16(14)20-18(22)15(17)12(5)21/h7-11H,6H2,1-5H3,(H2,19,20,22). The Hall–Kier alpha value is -2.10. The van der Waals surface area contributed by atoms with Crippen molar-refractivity contribution in [2.75, 3.05) is 5.32 Å². The number of aromatic amines is 1. The van der Waals surface area contributed by atoms with Gasteiger partial charge in [-0.1, -0.05) is 39.0 Å². The number of carbonyl (C=O) groups excluding carboxylic acids is 1. The summed E-state index contributed by atoms with van der Waals surface area (Å²) in [7, 11) is 0. The van der Waals surface area contributed by atoms with E-state index in [9.17, 15) is 9.59 Å². The number of pyridine rings is 1. The van der Waals surface area contributed by atoms with Crippen LogP contribution in [-0.4, -0.2) is 16.8 Å². The molecule has 0 aliphatic carbocycles. The van der Waals surface area contributed by atoms with E-state index >= 15 is 0 Å². The maximum Gasteiger partial charge on any atom is 0.261 e. The summed E-state index contributed by atoms with van der Waals surface area (Å²) in [5.74, 6) is 0.0721. The minimum Gasteiger partial charge on any atom is -0.381 e. The third-order valence-electron chi connectivity index (χ3n) is 4.06. The molecular formula is C18H24N2O2. The minimum atomic E-state index is -0.320. The zero-order valence-corrected chi connectivity index (χ0v) is 13.9. The van der Waals surface area contributed by atoms with E-state index in [1.807, 2.05) is 25.1 Å². The predicted octanol–water partition coefficient (Wildman–Crippen LogP) is 4.06. The van der Waals surface area contributed by atoms with Crippen LogP contribution in [0.2, 0.25) is 0 Å². The van der Waals surface area contributed by atoms with Gasteiger partial charge in [0.05, 0.1) is 11.2 Å². The lowest BCUT2D eigenvalue weighted by molar-refractivity contribution is 0.101. The second-order valence-corrected chi connectivity index (χ2v) is 6.14. The van der Waals surface area contributed by atoms with Crippen molar-refractivity contribution in [2.45, 2.75) is 53.0 Å². The highest BCUT2D eigenvalue weighted by molar-refractivity contribution is 6.07. The molecule has 0 saturated heterocycles. The van der Waals surface area contributed by atoms with Gasteiger partial charge in [-0.3, -0.25) is 9.59 Å². The Morgan fingerprint density at radius 2 is 1.95 bits per heavy atom. The Morgan fingerprint density at radius 1 is 1.27 bits per heavy atom.